The van der Waals surface area contributed by atoms with Crippen LogP contribution in [-0.2, 0) is 17.8 Å². The van der Waals surface area contributed by atoms with E-state index in [1.165, 1.54) is 12.8 Å². The van der Waals surface area contributed by atoms with Crippen LogP contribution in [0.5, 0.6) is 0 Å². The fourth-order valence-electron chi connectivity index (χ4n) is 2.52. The Morgan fingerprint density at radius 2 is 2.21 bits per heavy atom. The molecule has 1 aromatic rings. The summed E-state index contributed by atoms with van der Waals surface area (Å²) in [5.41, 5.74) is 1.01. The number of Topliss-reactive ketones (excluding diaryl/α,β-unsaturated/α-hetero) is 1. The maximum Gasteiger partial charge on any atom is 0.157 e. The molecule has 0 radical (unpaired) electrons. The summed E-state index contributed by atoms with van der Waals surface area (Å²) in [6.07, 6.45) is 8.39. The summed E-state index contributed by atoms with van der Waals surface area (Å²) in [6, 6.07) is 0. The van der Waals surface area contributed by atoms with Gasteiger partial charge in [-0.1, -0.05) is 25.0 Å². The molecule has 0 atom stereocenters. The topological polar surface area (TPSA) is 59.8 Å². The number of ketones is 1. The lowest BCUT2D eigenvalue weighted by molar-refractivity contribution is -0.124. The number of hydrogen-bond donors (Lipinski definition) is 1. The van der Waals surface area contributed by atoms with Crippen molar-refractivity contribution < 1.29 is 4.79 Å². The first kappa shape index (κ1) is 14.2. The summed E-state index contributed by atoms with van der Waals surface area (Å²) >= 11 is 0. The van der Waals surface area contributed by atoms with Crippen LogP contribution in [0.1, 0.15) is 44.7 Å². The third kappa shape index (κ3) is 4.42. The summed E-state index contributed by atoms with van der Waals surface area (Å²) in [5, 5.41) is 11.5. The highest BCUT2D eigenvalue weighted by Crippen LogP contribution is 2.13. The Morgan fingerprint density at radius 3 is 2.95 bits per heavy atom. The maximum atomic E-state index is 12.1. The van der Waals surface area contributed by atoms with Crippen LogP contribution in [0.3, 0.4) is 0 Å². The third-order valence-electron chi connectivity index (χ3n) is 3.73. The van der Waals surface area contributed by atoms with Crippen molar-refractivity contribution in [2.45, 2.75) is 52.0 Å². The Kier molecular flexibility index (Phi) is 5.51. The molecule has 0 aliphatic carbocycles. The van der Waals surface area contributed by atoms with Crippen LogP contribution < -0.4 is 5.32 Å². The number of carbonyl (C=O) groups excluding carboxylic acids is 1. The molecule has 2 rings (SSSR count). The molecule has 5 nitrogen and oxygen atoms in total. The van der Waals surface area contributed by atoms with Gasteiger partial charge in [-0.3, -0.25) is 4.79 Å². The predicted octanol–water partition coefficient (Wildman–Crippen LogP) is 1.58. The van der Waals surface area contributed by atoms with E-state index in [-0.39, 0.29) is 5.92 Å². The van der Waals surface area contributed by atoms with E-state index >= 15 is 0 Å². The van der Waals surface area contributed by atoms with E-state index in [1.807, 2.05) is 6.20 Å². The highest BCUT2D eigenvalue weighted by molar-refractivity contribution is 5.80. The molecule has 0 bridgehead atoms. The number of carbonyl (C=O) groups is 1. The Hall–Kier alpha value is -1.23. The molecule has 1 aromatic heterocycles. The molecular weight excluding hydrogens is 240 g/mol. The number of piperidine rings is 1. The van der Waals surface area contributed by atoms with Crippen molar-refractivity contribution in [1.29, 1.82) is 0 Å². The molecule has 0 saturated carbocycles. The molecule has 1 fully saturated rings. The summed E-state index contributed by atoms with van der Waals surface area (Å²) in [6.45, 7) is 4.48. The van der Waals surface area contributed by atoms with Gasteiger partial charge in [-0.2, -0.15) is 0 Å². The van der Waals surface area contributed by atoms with E-state index in [2.05, 4.69) is 22.6 Å². The Bertz CT molecular complexity index is 396. The summed E-state index contributed by atoms with van der Waals surface area (Å²) in [4.78, 5) is 12.1. The zero-order valence-electron chi connectivity index (χ0n) is 11.8. The van der Waals surface area contributed by atoms with E-state index < -0.39 is 0 Å². The van der Waals surface area contributed by atoms with Crippen LogP contribution in [0.25, 0.3) is 0 Å². The first-order valence-corrected chi connectivity index (χ1v) is 7.42. The minimum atomic E-state index is 0.203. The van der Waals surface area contributed by atoms with Crippen molar-refractivity contribution in [3.63, 3.8) is 0 Å². The van der Waals surface area contributed by atoms with Crippen molar-refractivity contribution >= 4 is 5.78 Å². The number of nitrogens with one attached hydrogen (secondary N) is 1. The van der Waals surface area contributed by atoms with E-state index in [1.54, 1.807) is 4.68 Å². The van der Waals surface area contributed by atoms with Crippen molar-refractivity contribution in [3.05, 3.63) is 11.9 Å². The molecule has 106 valence electrons. The number of aryl methyl sites for hydroxylation is 1. The smallest absolute Gasteiger partial charge is 0.157 e. The quantitative estimate of drug-likeness (QED) is 0.760. The van der Waals surface area contributed by atoms with Gasteiger partial charge in [0.1, 0.15) is 6.54 Å². The maximum absolute atomic E-state index is 12.1. The molecule has 1 saturated heterocycles. The van der Waals surface area contributed by atoms with E-state index in [0.29, 0.717) is 12.3 Å². The van der Waals surface area contributed by atoms with Crippen LogP contribution >= 0.6 is 0 Å². The van der Waals surface area contributed by atoms with Crippen molar-refractivity contribution in [1.82, 2.24) is 20.3 Å². The summed E-state index contributed by atoms with van der Waals surface area (Å²) in [7, 11) is 0. The van der Waals surface area contributed by atoms with Gasteiger partial charge in [0.15, 0.2) is 5.78 Å². The van der Waals surface area contributed by atoms with Crippen molar-refractivity contribution in [2.75, 3.05) is 13.1 Å². The number of rotatable bonds is 7. The molecule has 2 heterocycles. The van der Waals surface area contributed by atoms with Crippen LogP contribution in [0, 0.1) is 5.92 Å². The number of hydrogen-bond acceptors (Lipinski definition) is 4. The van der Waals surface area contributed by atoms with Crippen LogP contribution in [0.15, 0.2) is 6.20 Å². The molecule has 1 N–H and O–H groups in total. The Balaban J connectivity index is 1.80. The largest absolute Gasteiger partial charge is 0.317 e. The number of nitrogens with zero attached hydrogens (tertiary/aromatic N) is 3. The normalized spacial score (nSPS) is 16.7. The standard InChI is InChI=1S/C14H24N4O/c1-2-3-4-5-13-10-18(17-16-13)11-14(19)12-6-8-15-9-7-12/h10,12,15H,2-9,11H2,1H3. The monoisotopic (exact) mass is 264 g/mol. The van der Waals surface area contributed by atoms with Gasteiger partial charge in [0.25, 0.3) is 0 Å². The average Bonchev–Trinajstić information content (AvgIpc) is 2.88. The van der Waals surface area contributed by atoms with Gasteiger partial charge >= 0.3 is 0 Å². The first-order chi connectivity index (χ1) is 9.29. The van der Waals surface area contributed by atoms with Crippen LogP contribution in [-0.4, -0.2) is 33.9 Å². The number of unbranched alkanes of at least 4 members (excludes halogenated alkanes) is 2. The fourth-order valence-corrected chi connectivity index (χ4v) is 2.52. The van der Waals surface area contributed by atoms with Gasteiger partial charge in [0, 0.05) is 12.1 Å². The van der Waals surface area contributed by atoms with Crippen LogP contribution in [0.4, 0.5) is 0 Å². The zero-order valence-corrected chi connectivity index (χ0v) is 11.8. The van der Waals surface area contributed by atoms with Crippen LogP contribution in [0.2, 0.25) is 0 Å². The second-order valence-electron chi connectivity index (χ2n) is 5.36. The van der Waals surface area contributed by atoms with Crippen molar-refractivity contribution in [2.24, 2.45) is 5.92 Å². The minimum Gasteiger partial charge on any atom is -0.317 e. The fraction of sp³-hybridized carbons (Fsp3) is 0.786. The third-order valence-corrected chi connectivity index (χ3v) is 3.73. The summed E-state index contributed by atoms with van der Waals surface area (Å²) in [5.74, 6) is 0.500. The average molecular weight is 264 g/mol. The first-order valence-electron chi connectivity index (χ1n) is 7.42. The second-order valence-corrected chi connectivity index (χ2v) is 5.36. The molecule has 0 aromatic carbocycles. The Morgan fingerprint density at radius 1 is 1.42 bits per heavy atom. The van der Waals surface area contributed by atoms with Gasteiger partial charge < -0.3 is 5.32 Å². The highest BCUT2D eigenvalue weighted by atomic mass is 16.1. The predicted molar refractivity (Wildman–Crippen MR) is 73.9 cm³/mol. The van der Waals surface area contributed by atoms with Gasteiger partial charge in [0.2, 0.25) is 0 Å². The van der Waals surface area contributed by atoms with E-state index in [0.717, 1.165) is 44.5 Å². The highest BCUT2D eigenvalue weighted by Gasteiger charge is 2.21. The molecule has 0 spiro atoms. The molecule has 0 unspecified atom stereocenters. The molecular formula is C14H24N4O. The van der Waals surface area contributed by atoms with Gasteiger partial charge in [-0.15, -0.1) is 5.10 Å². The minimum absolute atomic E-state index is 0.203. The lowest BCUT2D eigenvalue weighted by Gasteiger charge is -2.21. The van der Waals surface area contributed by atoms with Crippen molar-refractivity contribution in [3.8, 4) is 0 Å². The number of aromatic nitrogens is 3. The molecule has 1 aliphatic rings. The Labute approximate surface area is 114 Å². The van der Waals surface area contributed by atoms with E-state index in [4.69, 9.17) is 0 Å². The SMILES string of the molecule is CCCCCc1cn(CC(=O)C2CCNCC2)nn1. The van der Waals surface area contributed by atoms with E-state index in [9.17, 15) is 4.79 Å². The molecule has 19 heavy (non-hydrogen) atoms. The van der Waals surface area contributed by atoms with Gasteiger partial charge in [-0.05, 0) is 38.8 Å². The van der Waals surface area contributed by atoms with Gasteiger partial charge in [-0.25, -0.2) is 4.68 Å². The molecule has 0 amide bonds. The molecule has 5 heteroatoms. The second kappa shape index (κ2) is 7.38. The summed E-state index contributed by atoms with van der Waals surface area (Å²) < 4.78 is 1.70. The lowest BCUT2D eigenvalue weighted by Crippen LogP contribution is -2.33. The molecule has 1 aliphatic heterocycles. The zero-order chi connectivity index (χ0) is 13.5. The van der Waals surface area contributed by atoms with Gasteiger partial charge in [0.05, 0.1) is 5.69 Å². The lowest BCUT2D eigenvalue weighted by atomic mass is 9.93.